The fourth-order valence-electron chi connectivity index (χ4n) is 1.91. The summed E-state index contributed by atoms with van der Waals surface area (Å²) in [4.78, 5) is 11.9. The monoisotopic (exact) mass is 272 g/mol. The van der Waals surface area contributed by atoms with Gasteiger partial charge >= 0.3 is 0 Å². The maximum atomic E-state index is 13.3. The van der Waals surface area contributed by atoms with Crippen molar-refractivity contribution in [3.63, 3.8) is 0 Å². The Labute approximate surface area is 117 Å². The van der Waals surface area contributed by atoms with Gasteiger partial charge in [0, 0.05) is 17.8 Å². The highest BCUT2D eigenvalue weighted by Gasteiger charge is 2.06. The van der Waals surface area contributed by atoms with Crippen molar-refractivity contribution in [1.29, 1.82) is 0 Å². The van der Waals surface area contributed by atoms with E-state index in [1.54, 1.807) is 6.07 Å². The number of halogens is 1. The van der Waals surface area contributed by atoms with Crippen LogP contribution in [0.3, 0.4) is 0 Å². The summed E-state index contributed by atoms with van der Waals surface area (Å²) in [5, 5.41) is 2.75. The minimum atomic E-state index is -0.357. The molecule has 0 unspecified atom stereocenters. The lowest BCUT2D eigenvalue weighted by molar-refractivity contribution is -0.115. The Morgan fingerprint density at radius 2 is 1.90 bits per heavy atom. The zero-order valence-corrected chi connectivity index (χ0v) is 11.3. The molecule has 20 heavy (non-hydrogen) atoms. The molecule has 2 aromatic carbocycles. The predicted molar refractivity (Wildman–Crippen MR) is 77.8 cm³/mol. The normalized spacial score (nSPS) is 10.3. The first-order valence-corrected chi connectivity index (χ1v) is 6.42. The largest absolute Gasteiger partial charge is 0.326 e. The average Bonchev–Trinajstić information content (AvgIpc) is 2.43. The van der Waals surface area contributed by atoms with Crippen molar-refractivity contribution in [1.82, 2.24) is 0 Å². The zero-order valence-electron chi connectivity index (χ0n) is 11.3. The first kappa shape index (κ1) is 14.2. The Morgan fingerprint density at radius 1 is 1.20 bits per heavy atom. The summed E-state index contributed by atoms with van der Waals surface area (Å²) in [6, 6.07) is 12.2. The molecule has 0 aliphatic carbocycles. The van der Waals surface area contributed by atoms with E-state index < -0.39 is 0 Å². The van der Waals surface area contributed by atoms with Gasteiger partial charge in [0.05, 0.1) is 6.42 Å². The van der Waals surface area contributed by atoms with Crippen LogP contribution >= 0.6 is 0 Å². The standard InChI is InChI=1S/C16H17FN2O/c1-11-2-4-12(5-3-11)8-16(20)19-14-6-7-15(17)13(9-14)10-18/h2-7,9H,8,10,18H2,1H3,(H,19,20). The lowest BCUT2D eigenvalue weighted by Gasteiger charge is -2.08. The summed E-state index contributed by atoms with van der Waals surface area (Å²) in [7, 11) is 0. The van der Waals surface area contributed by atoms with E-state index in [0.29, 0.717) is 11.3 Å². The van der Waals surface area contributed by atoms with Crippen LogP contribution < -0.4 is 11.1 Å². The number of aryl methyl sites for hydroxylation is 1. The summed E-state index contributed by atoms with van der Waals surface area (Å²) < 4.78 is 13.3. The second-order valence-electron chi connectivity index (χ2n) is 4.72. The molecule has 0 heterocycles. The third-order valence-corrected chi connectivity index (χ3v) is 3.03. The van der Waals surface area contributed by atoms with Crippen molar-refractivity contribution in [3.05, 3.63) is 65.0 Å². The van der Waals surface area contributed by atoms with Gasteiger partial charge in [-0.05, 0) is 30.7 Å². The molecule has 0 spiro atoms. The van der Waals surface area contributed by atoms with E-state index in [9.17, 15) is 9.18 Å². The lowest BCUT2D eigenvalue weighted by atomic mass is 10.1. The molecule has 3 nitrogen and oxygen atoms in total. The molecule has 0 radical (unpaired) electrons. The van der Waals surface area contributed by atoms with Crippen LogP contribution in [0.4, 0.5) is 10.1 Å². The number of carbonyl (C=O) groups excluding carboxylic acids is 1. The number of hydrogen-bond donors (Lipinski definition) is 2. The average molecular weight is 272 g/mol. The van der Waals surface area contributed by atoms with Crippen LogP contribution in [-0.2, 0) is 17.8 Å². The Kier molecular flexibility index (Phi) is 4.48. The molecule has 0 saturated carbocycles. The summed E-state index contributed by atoms with van der Waals surface area (Å²) in [6.07, 6.45) is 0.287. The van der Waals surface area contributed by atoms with Crippen molar-refractivity contribution in [3.8, 4) is 0 Å². The summed E-state index contributed by atoms with van der Waals surface area (Å²) in [5.41, 5.74) is 8.47. The number of nitrogens with two attached hydrogens (primary N) is 1. The number of benzene rings is 2. The molecule has 0 bridgehead atoms. The van der Waals surface area contributed by atoms with E-state index in [1.165, 1.54) is 12.1 Å². The molecule has 0 aliphatic rings. The quantitative estimate of drug-likeness (QED) is 0.899. The van der Waals surface area contributed by atoms with Crippen molar-refractivity contribution in [2.75, 3.05) is 5.32 Å². The van der Waals surface area contributed by atoms with Crippen LogP contribution in [0.2, 0.25) is 0 Å². The van der Waals surface area contributed by atoms with Gasteiger partial charge in [-0.2, -0.15) is 0 Å². The number of carbonyl (C=O) groups is 1. The Bertz CT molecular complexity index is 608. The van der Waals surface area contributed by atoms with Crippen LogP contribution in [0.15, 0.2) is 42.5 Å². The van der Waals surface area contributed by atoms with Gasteiger partial charge in [-0.3, -0.25) is 4.79 Å². The highest BCUT2D eigenvalue weighted by Crippen LogP contribution is 2.15. The third-order valence-electron chi connectivity index (χ3n) is 3.03. The van der Waals surface area contributed by atoms with Gasteiger partial charge < -0.3 is 11.1 Å². The van der Waals surface area contributed by atoms with E-state index in [-0.39, 0.29) is 24.7 Å². The number of amides is 1. The molecule has 1 amide bonds. The molecule has 0 aromatic heterocycles. The molecule has 0 saturated heterocycles. The summed E-state index contributed by atoms with van der Waals surface area (Å²) in [6.45, 7) is 2.10. The first-order chi connectivity index (χ1) is 9.58. The Morgan fingerprint density at radius 3 is 2.55 bits per heavy atom. The van der Waals surface area contributed by atoms with Gasteiger partial charge in [0.25, 0.3) is 0 Å². The van der Waals surface area contributed by atoms with Gasteiger partial charge in [0.1, 0.15) is 5.82 Å². The maximum absolute atomic E-state index is 13.3. The van der Waals surface area contributed by atoms with Crippen molar-refractivity contribution >= 4 is 11.6 Å². The first-order valence-electron chi connectivity index (χ1n) is 6.42. The molecular weight excluding hydrogens is 255 g/mol. The highest BCUT2D eigenvalue weighted by molar-refractivity contribution is 5.92. The zero-order chi connectivity index (χ0) is 14.5. The Balaban J connectivity index is 2.02. The highest BCUT2D eigenvalue weighted by atomic mass is 19.1. The van der Waals surface area contributed by atoms with Gasteiger partial charge in [-0.1, -0.05) is 29.8 Å². The molecular formula is C16H17FN2O. The number of anilines is 1. The number of nitrogens with one attached hydrogen (secondary N) is 1. The molecule has 0 fully saturated rings. The van der Waals surface area contributed by atoms with Crippen molar-refractivity contribution in [2.45, 2.75) is 19.9 Å². The molecule has 2 rings (SSSR count). The number of hydrogen-bond acceptors (Lipinski definition) is 2. The van der Waals surface area contributed by atoms with Crippen LogP contribution in [0, 0.1) is 12.7 Å². The van der Waals surface area contributed by atoms with E-state index in [0.717, 1.165) is 11.1 Å². The van der Waals surface area contributed by atoms with Gasteiger partial charge in [0.2, 0.25) is 5.91 Å². The van der Waals surface area contributed by atoms with Crippen LogP contribution in [0.25, 0.3) is 0 Å². The van der Waals surface area contributed by atoms with Crippen molar-refractivity contribution < 1.29 is 9.18 Å². The van der Waals surface area contributed by atoms with E-state index in [1.807, 2.05) is 31.2 Å². The fraction of sp³-hybridized carbons (Fsp3) is 0.188. The van der Waals surface area contributed by atoms with E-state index in [4.69, 9.17) is 5.73 Å². The summed E-state index contributed by atoms with van der Waals surface area (Å²) in [5.74, 6) is -0.493. The smallest absolute Gasteiger partial charge is 0.228 e. The van der Waals surface area contributed by atoms with Gasteiger partial charge in [-0.25, -0.2) is 4.39 Å². The van der Waals surface area contributed by atoms with Gasteiger partial charge in [-0.15, -0.1) is 0 Å². The van der Waals surface area contributed by atoms with E-state index in [2.05, 4.69) is 5.32 Å². The molecule has 2 aromatic rings. The minimum Gasteiger partial charge on any atom is -0.326 e. The second kappa shape index (κ2) is 6.30. The van der Waals surface area contributed by atoms with Crippen LogP contribution in [-0.4, -0.2) is 5.91 Å². The molecule has 0 atom stereocenters. The second-order valence-corrected chi connectivity index (χ2v) is 4.72. The third kappa shape index (κ3) is 3.65. The van der Waals surface area contributed by atoms with Crippen LogP contribution in [0.5, 0.6) is 0 Å². The van der Waals surface area contributed by atoms with E-state index >= 15 is 0 Å². The molecule has 104 valence electrons. The fourth-order valence-corrected chi connectivity index (χ4v) is 1.91. The SMILES string of the molecule is Cc1ccc(CC(=O)Nc2ccc(F)c(CN)c2)cc1. The van der Waals surface area contributed by atoms with Crippen molar-refractivity contribution in [2.24, 2.45) is 5.73 Å². The molecule has 4 heteroatoms. The summed E-state index contributed by atoms with van der Waals surface area (Å²) >= 11 is 0. The maximum Gasteiger partial charge on any atom is 0.228 e. The molecule has 3 N–H and O–H groups in total. The number of rotatable bonds is 4. The lowest BCUT2D eigenvalue weighted by Crippen LogP contribution is -2.15. The van der Waals surface area contributed by atoms with Crippen LogP contribution in [0.1, 0.15) is 16.7 Å². The topological polar surface area (TPSA) is 55.1 Å². The minimum absolute atomic E-state index is 0.105. The molecule has 0 aliphatic heterocycles. The Hall–Kier alpha value is -2.20. The van der Waals surface area contributed by atoms with Gasteiger partial charge in [0.15, 0.2) is 0 Å². The predicted octanol–water partition coefficient (Wildman–Crippen LogP) is 2.77.